The molecule has 0 saturated carbocycles. The number of amides is 1. The molecule has 0 spiro atoms. The summed E-state index contributed by atoms with van der Waals surface area (Å²) in [6.45, 7) is 4.06. The van der Waals surface area contributed by atoms with Crippen molar-refractivity contribution in [1.29, 1.82) is 0 Å². The third kappa shape index (κ3) is 4.29. The largest absolute Gasteiger partial charge is 0.318 e. The first-order valence-electron chi connectivity index (χ1n) is 10.2. The van der Waals surface area contributed by atoms with Gasteiger partial charge in [-0.1, -0.05) is 11.8 Å². The summed E-state index contributed by atoms with van der Waals surface area (Å²) in [5.74, 6) is -0.111. The maximum absolute atomic E-state index is 12.5. The summed E-state index contributed by atoms with van der Waals surface area (Å²) < 4.78 is 2.15. The van der Waals surface area contributed by atoms with Crippen LogP contribution in [0.25, 0.3) is 11.8 Å². The molecule has 2 aromatic carbocycles. The second kappa shape index (κ2) is 8.84. The SMILES string of the molecule is Cc1cc(/C=C2/C(=O)N(C)C(=S)N2C)c(C)n1-c1ccc(Sc2ccc([N+](=O)[O-])cc2)cc1. The molecule has 168 valence electrons. The van der Waals surface area contributed by atoms with Crippen LogP contribution in [0.5, 0.6) is 0 Å². The standard InChI is InChI=1S/C24H22N4O3S2/c1-15-13-17(14-22-23(29)26(4)24(32)25(22)3)16(2)27(15)18-5-9-20(10-6-18)33-21-11-7-19(8-12-21)28(30)31/h5-14H,1-4H3/b22-14-. The number of hydrogen-bond acceptors (Lipinski definition) is 5. The van der Waals surface area contributed by atoms with Gasteiger partial charge in [0.05, 0.1) is 4.92 Å². The van der Waals surface area contributed by atoms with Gasteiger partial charge in [0.15, 0.2) is 5.11 Å². The van der Waals surface area contributed by atoms with Gasteiger partial charge in [-0.3, -0.25) is 19.8 Å². The van der Waals surface area contributed by atoms with Crippen molar-refractivity contribution >= 4 is 46.8 Å². The zero-order valence-corrected chi connectivity index (χ0v) is 20.2. The summed E-state index contributed by atoms with van der Waals surface area (Å²) in [5.41, 5.74) is 4.69. The highest BCUT2D eigenvalue weighted by atomic mass is 32.2. The minimum atomic E-state index is -0.400. The number of nitro groups is 1. The lowest BCUT2D eigenvalue weighted by Crippen LogP contribution is -2.26. The predicted octanol–water partition coefficient (Wildman–Crippen LogP) is 5.18. The van der Waals surface area contributed by atoms with Crippen LogP contribution in [0.1, 0.15) is 17.0 Å². The molecule has 9 heteroatoms. The Morgan fingerprint density at radius 2 is 1.55 bits per heavy atom. The fraction of sp³-hybridized carbons (Fsp3) is 0.167. The Morgan fingerprint density at radius 1 is 0.970 bits per heavy atom. The fourth-order valence-corrected chi connectivity index (χ4v) is 4.80. The number of likely N-dealkylation sites (N-methyl/N-ethyl adjacent to an activating group) is 2. The molecule has 1 aliphatic rings. The summed E-state index contributed by atoms with van der Waals surface area (Å²) in [5, 5.41) is 11.3. The number of carbonyl (C=O) groups is 1. The molecule has 0 atom stereocenters. The number of rotatable bonds is 5. The molecule has 4 rings (SSSR count). The molecule has 0 bridgehead atoms. The average molecular weight is 479 g/mol. The number of nitro benzene ring substituents is 1. The van der Waals surface area contributed by atoms with Gasteiger partial charge in [0.1, 0.15) is 5.70 Å². The average Bonchev–Trinajstić information content (AvgIpc) is 3.17. The van der Waals surface area contributed by atoms with Gasteiger partial charge in [-0.05, 0) is 80.2 Å². The highest BCUT2D eigenvalue weighted by Crippen LogP contribution is 2.31. The summed E-state index contributed by atoms with van der Waals surface area (Å²) in [6, 6.07) is 16.7. The number of aryl methyl sites for hydroxylation is 1. The first-order chi connectivity index (χ1) is 15.7. The van der Waals surface area contributed by atoms with Crippen LogP contribution in [-0.4, -0.2) is 44.4 Å². The Labute approximate surface area is 201 Å². The van der Waals surface area contributed by atoms with Crippen LogP contribution >= 0.6 is 24.0 Å². The smallest absolute Gasteiger partial charge is 0.276 e. The van der Waals surface area contributed by atoms with Gasteiger partial charge in [-0.25, -0.2) is 0 Å². The summed E-state index contributed by atoms with van der Waals surface area (Å²) >= 11 is 6.85. The molecule has 0 aliphatic carbocycles. The normalized spacial score (nSPS) is 15.1. The van der Waals surface area contributed by atoms with Gasteiger partial charge < -0.3 is 9.47 Å². The molecular formula is C24H22N4O3S2. The second-order valence-corrected chi connectivity index (χ2v) is 9.26. The van der Waals surface area contributed by atoms with Crippen molar-refractivity contribution in [2.75, 3.05) is 14.1 Å². The number of benzene rings is 2. The molecule has 7 nitrogen and oxygen atoms in total. The number of thiocarbonyl (C=S) groups is 1. The molecule has 0 radical (unpaired) electrons. The van der Waals surface area contributed by atoms with Crippen molar-refractivity contribution in [1.82, 2.24) is 14.4 Å². The van der Waals surface area contributed by atoms with Crippen LogP contribution in [-0.2, 0) is 4.79 Å². The molecule has 0 N–H and O–H groups in total. The number of carbonyl (C=O) groups excluding carboxylic acids is 1. The molecule has 1 saturated heterocycles. The number of non-ortho nitro benzene ring substituents is 1. The molecule has 33 heavy (non-hydrogen) atoms. The molecule has 0 unspecified atom stereocenters. The van der Waals surface area contributed by atoms with Crippen molar-refractivity contribution in [2.24, 2.45) is 0 Å². The van der Waals surface area contributed by atoms with Crippen molar-refractivity contribution in [3.05, 3.63) is 87.4 Å². The third-order valence-corrected chi connectivity index (χ3v) is 7.16. The molecular weight excluding hydrogens is 456 g/mol. The van der Waals surface area contributed by atoms with Gasteiger partial charge in [0.2, 0.25) is 0 Å². The van der Waals surface area contributed by atoms with Crippen molar-refractivity contribution in [3.8, 4) is 5.69 Å². The number of nitrogens with zero attached hydrogens (tertiary/aromatic N) is 4. The third-order valence-electron chi connectivity index (χ3n) is 5.60. The Hall–Kier alpha value is -3.43. The van der Waals surface area contributed by atoms with Crippen LogP contribution in [0.2, 0.25) is 0 Å². The molecule has 1 aliphatic heterocycles. The van der Waals surface area contributed by atoms with E-state index in [1.165, 1.54) is 17.0 Å². The Bertz CT molecular complexity index is 1290. The summed E-state index contributed by atoms with van der Waals surface area (Å²) in [4.78, 5) is 28.1. The van der Waals surface area contributed by atoms with Gasteiger partial charge in [0, 0.05) is 53.1 Å². The lowest BCUT2D eigenvalue weighted by Gasteiger charge is -2.12. The van der Waals surface area contributed by atoms with E-state index < -0.39 is 4.92 Å². The predicted molar refractivity (Wildman–Crippen MR) is 134 cm³/mol. The molecule has 1 fully saturated rings. The zero-order chi connectivity index (χ0) is 23.9. The van der Waals surface area contributed by atoms with Crippen molar-refractivity contribution in [2.45, 2.75) is 23.6 Å². The Kier molecular flexibility index (Phi) is 6.09. The minimum Gasteiger partial charge on any atom is -0.318 e. The van der Waals surface area contributed by atoms with E-state index in [4.69, 9.17) is 12.2 Å². The molecule has 1 aromatic heterocycles. The number of aromatic nitrogens is 1. The van der Waals surface area contributed by atoms with Gasteiger partial charge >= 0.3 is 0 Å². The van der Waals surface area contributed by atoms with Crippen molar-refractivity contribution < 1.29 is 9.72 Å². The molecule has 2 heterocycles. The van der Waals surface area contributed by atoms with E-state index in [2.05, 4.69) is 10.6 Å². The van der Waals surface area contributed by atoms with E-state index in [-0.39, 0.29) is 11.6 Å². The van der Waals surface area contributed by atoms with E-state index in [1.54, 1.807) is 42.9 Å². The summed E-state index contributed by atoms with van der Waals surface area (Å²) in [6.07, 6.45) is 1.88. The molecule has 3 aromatic rings. The van der Waals surface area contributed by atoms with Crippen LogP contribution in [0, 0.1) is 24.0 Å². The van der Waals surface area contributed by atoms with E-state index >= 15 is 0 Å². The van der Waals surface area contributed by atoms with E-state index in [9.17, 15) is 14.9 Å². The summed E-state index contributed by atoms with van der Waals surface area (Å²) in [7, 11) is 3.48. The zero-order valence-electron chi connectivity index (χ0n) is 18.6. The van der Waals surface area contributed by atoms with Gasteiger partial charge in [0.25, 0.3) is 11.6 Å². The van der Waals surface area contributed by atoms with E-state index in [0.717, 1.165) is 32.4 Å². The fourth-order valence-electron chi connectivity index (χ4n) is 3.80. The highest BCUT2D eigenvalue weighted by molar-refractivity contribution is 7.99. The highest BCUT2D eigenvalue weighted by Gasteiger charge is 2.33. The minimum absolute atomic E-state index is 0.0815. The second-order valence-electron chi connectivity index (χ2n) is 7.74. The van der Waals surface area contributed by atoms with E-state index in [1.807, 2.05) is 44.2 Å². The Balaban J connectivity index is 1.58. The van der Waals surface area contributed by atoms with Crippen LogP contribution in [0.15, 0.2) is 70.1 Å². The van der Waals surface area contributed by atoms with Crippen LogP contribution in [0.4, 0.5) is 5.69 Å². The monoisotopic (exact) mass is 478 g/mol. The maximum atomic E-state index is 12.5. The lowest BCUT2D eigenvalue weighted by molar-refractivity contribution is -0.384. The van der Waals surface area contributed by atoms with Crippen LogP contribution in [0.3, 0.4) is 0 Å². The van der Waals surface area contributed by atoms with Gasteiger partial charge in [-0.2, -0.15) is 0 Å². The quantitative estimate of drug-likeness (QED) is 0.218. The maximum Gasteiger partial charge on any atom is 0.276 e. The molecule has 1 amide bonds. The number of hydrogen-bond donors (Lipinski definition) is 0. The van der Waals surface area contributed by atoms with Crippen LogP contribution < -0.4 is 0 Å². The Morgan fingerprint density at radius 3 is 2.06 bits per heavy atom. The topological polar surface area (TPSA) is 71.6 Å². The van der Waals surface area contributed by atoms with Gasteiger partial charge in [-0.15, -0.1) is 0 Å². The lowest BCUT2D eigenvalue weighted by atomic mass is 10.2. The van der Waals surface area contributed by atoms with Crippen molar-refractivity contribution in [3.63, 3.8) is 0 Å². The first kappa shape index (κ1) is 22.8. The van der Waals surface area contributed by atoms with E-state index in [0.29, 0.717) is 10.8 Å². The first-order valence-corrected chi connectivity index (χ1v) is 11.4.